The lowest BCUT2D eigenvalue weighted by Crippen LogP contribution is -2.29. The maximum absolute atomic E-state index is 11.8. The minimum atomic E-state index is -3.87. The maximum atomic E-state index is 11.8. The highest BCUT2D eigenvalue weighted by atomic mass is 79.9. The molecule has 102 valence electrons. The first-order valence-electron chi connectivity index (χ1n) is 4.91. The molecule has 0 aliphatic carbocycles. The van der Waals surface area contributed by atoms with E-state index >= 15 is 0 Å². The summed E-state index contributed by atoms with van der Waals surface area (Å²) in [6, 6.07) is 0.915. The minimum absolute atomic E-state index is 0.0405. The van der Waals surface area contributed by atoms with Gasteiger partial charge in [-0.25, -0.2) is 17.9 Å². The van der Waals surface area contributed by atoms with E-state index in [1.165, 1.54) is 0 Å². The predicted octanol–water partition coefficient (Wildman–Crippen LogP) is 0.647. The number of aliphatic hydroxyl groups excluding tert-OH is 1. The third-order valence-electron chi connectivity index (χ3n) is 2.09. The summed E-state index contributed by atoms with van der Waals surface area (Å²) in [6.07, 6.45) is 0. The summed E-state index contributed by atoms with van der Waals surface area (Å²) in [5.41, 5.74) is 0. The molecule has 1 rings (SSSR count). The quantitative estimate of drug-likeness (QED) is 0.699. The molecule has 1 unspecified atom stereocenters. The van der Waals surface area contributed by atoms with E-state index in [4.69, 9.17) is 14.6 Å². The van der Waals surface area contributed by atoms with E-state index in [0.717, 1.165) is 6.07 Å². The zero-order valence-electron chi connectivity index (χ0n) is 9.38. The van der Waals surface area contributed by atoms with Gasteiger partial charge in [-0.3, -0.25) is 0 Å². The number of aromatic carboxylic acids is 1. The van der Waals surface area contributed by atoms with Gasteiger partial charge in [-0.2, -0.15) is 0 Å². The van der Waals surface area contributed by atoms with Crippen molar-refractivity contribution in [3.05, 3.63) is 16.5 Å². The van der Waals surface area contributed by atoms with Crippen molar-refractivity contribution in [1.29, 1.82) is 0 Å². The summed E-state index contributed by atoms with van der Waals surface area (Å²) in [6.45, 7) is 1.55. The fraction of sp³-hybridized carbons (Fsp3) is 0.444. The average Bonchev–Trinajstić information content (AvgIpc) is 2.69. The molecule has 0 bridgehead atoms. The highest BCUT2D eigenvalue weighted by Gasteiger charge is 2.24. The zero-order chi connectivity index (χ0) is 13.9. The number of carboxylic acids is 1. The second-order valence-corrected chi connectivity index (χ2v) is 6.15. The number of furan rings is 1. The van der Waals surface area contributed by atoms with Gasteiger partial charge in [-0.1, -0.05) is 6.92 Å². The van der Waals surface area contributed by atoms with Crippen LogP contribution in [0, 0.1) is 5.92 Å². The average molecular weight is 342 g/mol. The molecule has 1 aromatic rings. The summed E-state index contributed by atoms with van der Waals surface area (Å²) in [5, 5.41) is 17.5. The number of rotatable bonds is 6. The Bertz CT molecular complexity index is 537. The van der Waals surface area contributed by atoms with Crippen molar-refractivity contribution in [1.82, 2.24) is 4.72 Å². The maximum Gasteiger partial charge on any atom is 0.371 e. The van der Waals surface area contributed by atoms with Gasteiger partial charge in [-0.15, -0.1) is 0 Å². The number of hydrogen-bond acceptors (Lipinski definition) is 5. The molecule has 18 heavy (non-hydrogen) atoms. The van der Waals surface area contributed by atoms with Crippen molar-refractivity contribution < 1.29 is 27.8 Å². The molecule has 3 N–H and O–H groups in total. The molecule has 0 aliphatic heterocycles. The molecule has 0 spiro atoms. The third kappa shape index (κ3) is 3.55. The molecule has 0 amide bonds. The Hall–Kier alpha value is -0.900. The number of halogens is 1. The smallest absolute Gasteiger partial charge is 0.371 e. The lowest BCUT2D eigenvalue weighted by Gasteiger charge is -2.09. The van der Waals surface area contributed by atoms with Crippen LogP contribution in [-0.2, 0) is 10.0 Å². The van der Waals surface area contributed by atoms with E-state index in [1.807, 2.05) is 0 Å². The summed E-state index contributed by atoms with van der Waals surface area (Å²) in [4.78, 5) is 10.4. The Morgan fingerprint density at radius 1 is 1.61 bits per heavy atom. The summed E-state index contributed by atoms with van der Waals surface area (Å²) in [5.74, 6) is -2.08. The molecule has 0 aliphatic rings. The van der Waals surface area contributed by atoms with Gasteiger partial charge >= 0.3 is 5.97 Å². The van der Waals surface area contributed by atoms with E-state index in [9.17, 15) is 13.2 Å². The Morgan fingerprint density at radius 3 is 2.67 bits per heavy atom. The Labute approximate surface area is 112 Å². The highest BCUT2D eigenvalue weighted by molar-refractivity contribution is 9.10. The van der Waals surface area contributed by atoms with E-state index in [1.54, 1.807) is 6.92 Å². The molecule has 0 saturated heterocycles. The van der Waals surface area contributed by atoms with Gasteiger partial charge in [0, 0.05) is 19.2 Å². The topological polar surface area (TPSA) is 117 Å². The number of aliphatic hydroxyl groups is 1. The molecule has 0 aromatic carbocycles. The van der Waals surface area contributed by atoms with Crippen LogP contribution in [-0.4, -0.2) is 37.8 Å². The number of sulfonamides is 1. The molecule has 1 aromatic heterocycles. The summed E-state index contributed by atoms with van der Waals surface area (Å²) in [7, 11) is -3.87. The van der Waals surface area contributed by atoms with Crippen molar-refractivity contribution in [3.63, 3.8) is 0 Å². The van der Waals surface area contributed by atoms with Crippen molar-refractivity contribution >= 4 is 31.9 Å². The lowest BCUT2D eigenvalue weighted by molar-refractivity contribution is 0.0661. The Balaban J connectivity index is 2.95. The van der Waals surface area contributed by atoms with Crippen LogP contribution in [0.2, 0.25) is 0 Å². The molecular formula is C9H12BrNO6S. The van der Waals surface area contributed by atoms with E-state index in [2.05, 4.69) is 20.7 Å². The van der Waals surface area contributed by atoms with E-state index in [-0.39, 0.29) is 28.6 Å². The first-order chi connectivity index (χ1) is 8.27. The fourth-order valence-electron chi connectivity index (χ4n) is 1.03. The van der Waals surface area contributed by atoms with E-state index < -0.39 is 21.8 Å². The standard InChI is InChI=1S/C9H12BrNO6S/c1-5(4-12)3-11-18(15,16)7-2-6(9(13)14)17-8(7)10/h2,5,11-12H,3-4H2,1H3,(H,13,14). The number of hydrogen-bond donors (Lipinski definition) is 3. The van der Waals surface area contributed by atoms with Gasteiger partial charge in [0.05, 0.1) is 0 Å². The molecular weight excluding hydrogens is 330 g/mol. The molecule has 0 saturated carbocycles. The number of carbonyl (C=O) groups is 1. The van der Waals surface area contributed by atoms with Crippen LogP contribution < -0.4 is 4.72 Å². The molecule has 1 atom stereocenters. The van der Waals surface area contributed by atoms with Crippen LogP contribution in [0.15, 0.2) is 20.0 Å². The van der Waals surface area contributed by atoms with Gasteiger partial charge in [0.1, 0.15) is 4.90 Å². The van der Waals surface area contributed by atoms with Crippen LogP contribution in [0.4, 0.5) is 0 Å². The van der Waals surface area contributed by atoms with Crippen LogP contribution in [0.1, 0.15) is 17.5 Å². The summed E-state index contributed by atoms with van der Waals surface area (Å²) >= 11 is 2.85. The van der Waals surface area contributed by atoms with Gasteiger partial charge < -0.3 is 14.6 Å². The second-order valence-electron chi connectivity index (χ2n) is 3.69. The number of nitrogens with one attached hydrogen (secondary N) is 1. The first-order valence-corrected chi connectivity index (χ1v) is 7.18. The molecule has 0 fully saturated rings. The predicted molar refractivity (Wildman–Crippen MR) is 64.8 cm³/mol. The van der Waals surface area contributed by atoms with Crippen LogP contribution in [0.5, 0.6) is 0 Å². The molecule has 7 nitrogen and oxygen atoms in total. The van der Waals surface area contributed by atoms with Crippen LogP contribution in [0.25, 0.3) is 0 Å². The van der Waals surface area contributed by atoms with Crippen molar-refractivity contribution in [2.24, 2.45) is 5.92 Å². The Kier molecular flexibility index (Phi) is 4.91. The van der Waals surface area contributed by atoms with E-state index in [0.29, 0.717) is 0 Å². The van der Waals surface area contributed by atoms with Crippen LogP contribution >= 0.6 is 15.9 Å². The monoisotopic (exact) mass is 341 g/mol. The SMILES string of the molecule is CC(CO)CNS(=O)(=O)c1cc(C(=O)O)oc1Br. The van der Waals surface area contributed by atoms with Gasteiger partial charge in [0.15, 0.2) is 4.67 Å². The largest absolute Gasteiger partial charge is 0.475 e. The Morgan fingerprint density at radius 2 is 2.22 bits per heavy atom. The number of carboxylic acid groups (broad SMARTS) is 1. The van der Waals surface area contributed by atoms with Gasteiger partial charge in [-0.05, 0) is 21.8 Å². The van der Waals surface area contributed by atoms with Gasteiger partial charge in [0.2, 0.25) is 15.8 Å². The third-order valence-corrected chi connectivity index (χ3v) is 4.37. The molecule has 1 heterocycles. The van der Waals surface area contributed by atoms with Crippen molar-refractivity contribution in [2.45, 2.75) is 11.8 Å². The molecule has 0 radical (unpaired) electrons. The first kappa shape index (κ1) is 15.2. The second kappa shape index (κ2) is 5.83. The fourth-order valence-corrected chi connectivity index (χ4v) is 3.14. The van der Waals surface area contributed by atoms with Crippen molar-refractivity contribution in [2.75, 3.05) is 13.2 Å². The molecule has 9 heteroatoms. The lowest BCUT2D eigenvalue weighted by atomic mass is 10.2. The minimum Gasteiger partial charge on any atom is -0.475 e. The highest BCUT2D eigenvalue weighted by Crippen LogP contribution is 2.26. The van der Waals surface area contributed by atoms with Crippen molar-refractivity contribution in [3.8, 4) is 0 Å². The zero-order valence-corrected chi connectivity index (χ0v) is 11.8. The summed E-state index contributed by atoms with van der Waals surface area (Å²) < 4.78 is 30.5. The normalized spacial score (nSPS) is 13.5. The van der Waals surface area contributed by atoms with Crippen LogP contribution in [0.3, 0.4) is 0 Å². The van der Waals surface area contributed by atoms with Gasteiger partial charge in [0.25, 0.3) is 0 Å².